The molecule has 0 fully saturated rings. The van der Waals surface area contributed by atoms with E-state index in [2.05, 4.69) is 0 Å². The van der Waals surface area contributed by atoms with Gasteiger partial charge in [0.15, 0.2) is 5.82 Å². The Morgan fingerprint density at radius 2 is 0.804 bits per heavy atom. The summed E-state index contributed by atoms with van der Waals surface area (Å²) in [6, 6.07) is 8.61. The SMILES string of the molecule is [2H]c1c([2H])c([2H])c(-c2c([2H])c([2H])c3c4c([2H])c([2H])c([2H])c([2H])c4n(-c4nc(-c5ccccc5-c5ccccc5-c5ccccc5)nc(-n5c6c([2H])c([2H])c([2H])c([2H])c6c6c([2H])c([2H])c([2H])c([2H])c65)n4)c3c2[2H])c([2H])c1[2H]. The third-order valence-electron chi connectivity index (χ3n) is 9.42. The summed E-state index contributed by atoms with van der Waals surface area (Å²) >= 11 is 0. The van der Waals surface area contributed by atoms with Gasteiger partial charge in [-0.05, 0) is 57.6 Å². The maximum atomic E-state index is 9.92. The standard InChI is InChI=1S/C51H33N5/c1-3-17-34(18-4-1)36-31-32-43-42-26-13-16-30-47(42)56(48(43)33-36)51-53-49(52-50(54-51)55-45-28-14-11-24-40(45)41-25-12-15-29-46(41)55)44-27-10-9-23-39(44)38-22-8-7-21-37(38)35-19-5-2-6-20-35/h1-33H/i1D,3D,4D,11D,12D,13D,14D,15D,16D,17D,18D,24D,25D,26D,28D,29D,30D,31D,32D,33D. The van der Waals surface area contributed by atoms with E-state index < -0.39 is 160 Å². The first kappa shape index (κ1) is 17.7. The van der Waals surface area contributed by atoms with Crippen LogP contribution in [0, 0.1) is 0 Å². The molecule has 0 saturated carbocycles. The molecule has 0 radical (unpaired) electrons. The summed E-state index contributed by atoms with van der Waals surface area (Å²) in [5.41, 5.74) is 0.0591. The molecule has 8 aromatic carbocycles. The minimum Gasteiger partial charge on any atom is -0.278 e. The molecule has 0 bridgehead atoms. The van der Waals surface area contributed by atoms with Crippen molar-refractivity contribution in [2.24, 2.45) is 0 Å². The van der Waals surface area contributed by atoms with Crippen molar-refractivity contribution < 1.29 is 27.4 Å². The van der Waals surface area contributed by atoms with Crippen LogP contribution in [0.25, 0.3) is 100 Å². The van der Waals surface area contributed by atoms with Crippen LogP contribution in [0.3, 0.4) is 0 Å². The molecular weight excluding hydrogens is 683 g/mol. The van der Waals surface area contributed by atoms with Gasteiger partial charge in [-0.25, -0.2) is 0 Å². The first-order chi connectivity index (χ1) is 36.1. The molecule has 0 atom stereocenters. The zero-order chi connectivity index (χ0) is 54.4. The number of benzene rings is 8. The molecule has 0 unspecified atom stereocenters. The summed E-state index contributed by atoms with van der Waals surface area (Å²) < 4.78 is 182. The van der Waals surface area contributed by atoms with Gasteiger partial charge >= 0.3 is 0 Å². The van der Waals surface area contributed by atoms with Crippen molar-refractivity contribution in [1.29, 1.82) is 0 Å². The maximum Gasteiger partial charge on any atom is 0.240 e. The van der Waals surface area contributed by atoms with Crippen molar-refractivity contribution in [3.8, 4) is 56.7 Å². The maximum absolute atomic E-state index is 9.92. The lowest BCUT2D eigenvalue weighted by molar-refractivity contribution is 0.893. The molecule has 11 aromatic rings. The minimum absolute atomic E-state index is 0.230. The average molecular weight is 736 g/mol. The molecule has 0 aliphatic heterocycles. The van der Waals surface area contributed by atoms with Gasteiger partial charge in [-0.3, -0.25) is 9.13 Å². The Labute approximate surface area is 351 Å². The number of hydrogen-bond donors (Lipinski definition) is 0. The van der Waals surface area contributed by atoms with Gasteiger partial charge < -0.3 is 0 Å². The van der Waals surface area contributed by atoms with E-state index in [1.165, 1.54) is 0 Å². The lowest BCUT2D eigenvalue weighted by Gasteiger charge is -2.16. The molecule has 56 heavy (non-hydrogen) atoms. The number of para-hydroxylation sites is 3. The van der Waals surface area contributed by atoms with Crippen LogP contribution in [0.5, 0.6) is 0 Å². The Morgan fingerprint density at radius 1 is 0.339 bits per heavy atom. The molecule has 5 heteroatoms. The van der Waals surface area contributed by atoms with Gasteiger partial charge in [0.25, 0.3) is 0 Å². The molecule has 0 saturated heterocycles. The van der Waals surface area contributed by atoms with Gasteiger partial charge in [-0.1, -0.05) is 176 Å². The van der Waals surface area contributed by atoms with Gasteiger partial charge in [0.2, 0.25) is 11.9 Å². The van der Waals surface area contributed by atoms with Crippen molar-refractivity contribution in [2.45, 2.75) is 0 Å². The molecule has 3 heterocycles. The van der Waals surface area contributed by atoms with Crippen molar-refractivity contribution >= 4 is 43.6 Å². The fourth-order valence-electron chi connectivity index (χ4n) is 7.01. The smallest absolute Gasteiger partial charge is 0.240 e. The highest BCUT2D eigenvalue weighted by Crippen LogP contribution is 2.39. The molecule has 11 rings (SSSR count). The summed E-state index contributed by atoms with van der Waals surface area (Å²) in [5.74, 6) is -1.38. The summed E-state index contributed by atoms with van der Waals surface area (Å²) in [6.07, 6.45) is 0. The third-order valence-corrected chi connectivity index (χ3v) is 9.42. The van der Waals surface area contributed by atoms with Crippen molar-refractivity contribution in [1.82, 2.24) is 24.1 Å². The third kappa shape index (κ3) is 5.13. The second-order valence-corrected chi connectivity index (χ2v) is 12.5. The molecule has 0 spiro atoms. The van der Waals surface area contributed by atoms with E-state index in [1.807, 2.05) is 54.6 Å². The normalized spacial score (nSPS) is 16.6. The van der Waals surface area contributed by atoms with E-state index in [1.54, 1.807) is 24.3 Å². The second kappa shape index (κ2) is 13.0. The highest BCUT2D eigenvalue weighted by molar-refractivity contribution is 6.11. The number of rotatable bonds is 6. The van der Waals surface area contributed by atoms with Crippen LogP contribution < -0.4 is 0 Å². The number of nitrogens with zero attached hydrogens (tertiary/aromatic N) is 5. The van der Waals surface area contributed by atoms with E-state index >= 15 is 0 Å². The van der Waals surface area contributed by atoms with Gasteiger partial charge in [0.05, 0.1) is 49.5 Å². The van der Waals surface area contributed by atoms with Gasteiger partial charge in [0, 0.05) is 27.1 Å². The summed E-state index contributed by atoms with van der Waals surface area (Å²) in [4.78, 5) is 14.8. The molecular formula is C51H33N5. The Kier molecular flexibility index (Phi) is 4.12. The predicted molar refractivity (Wildman–Crippen MR) is 230 cm³/mol. The Balaban J connectivity index is 1.39. The van der Waals surface area contributed by atoms with E-state index in [-0.39, 0.29) is 38.6 Å². The summed E-state index contributed by atoms with van der Waals surface area (Å²) in [6.45, 7) is 0. The monoisotopic (exact) mass is 735 g/mol. The van der Waals surface area contributed by atoms with Crippen molar-refractivity contribution in [3.63, 3.8) is 0 Å². The quantitative estimate of drug-likeness (QED) is 0.171. The molecule has 3 aromatic heterocycles. The molecule has 0 aliphatic rings. The highest BCUT2D eigenvalue weighted by atomic mass is 15.3. The fraction of sp³-hybridized carbons (Fsp3) is 0. The molecule has 0 aliphatic carbocycles. The highest BCUT2D eigenvalue weighted by Gasteiger charge is 2.22. The second-order valence-electron chi connectivity index (χ2n) is 12.5. The Morgan fingerprint density at radius 3 is 1.41 bits per heavy atom. The van der Waals surface area contributed by atoms with Gasteiger partial charge in [-0.2, -0.15) is 15.0 Å². The van der Waals surface area contributed by atoms with Crippen molar-refractivity contribution in [2.75, 3.05) is 0 Å². The van der Waals surface area contributed by atoms with E-state index in [0.717, 1.165) is 20.3 Å². The lowest BCUT2D eigenvalue weighted by Crippen LogP contribution is -2.10. The minimum atomic E-state index is -0.823. The fourth-order valence-corrected chi connectivity index (χ4v) is 7.01. The summed E-state index contributed by atoms with van der Waals surface area (Å²) in [5, 5.41) is -1.44. The Bertz CT molecular complexity index is 4310. The van der Waals surface area contributed by atoms with Gasteiger partial charge in [-0.15, -0.1) is 0 Å². The molecule has 262 valence electrons. The number of hydrogen-bond acceptors (Lipinski definition) is 3. The first-order valence-corrected chi connectivity index (χ1v) is 17.2. The van der Waals surface area contributed by atoms with Crippen LogP contribution in [0.15, 0.2) is 200 Å². The lowest BCUT2D eigenvalue weighted by atomic mass is 9.91. The van der Waals surface area contributed by atoms with Crippen molar-refractivity contribution in [3.05, 3.63) is 200 Å². The summed E-state index contributed by atoms with van der Waals surface area (Å²) in [7, 11) is 0. The van der Waals surface area contributed by atoms with Crippen LogP contribution in [0.1, 0.15) is 27.4 Å². The van der Waals surface area contributed by atoms with Crippen LogP contribution in [0.2, 0.25) is 0 Å². The molecule has 5 nitrogen and oxygen atoms in total. The zero-order valence-electron chi connectivity index (χ0n) is 48.7. The van der Waals surface area contributed by atoms with Crippen LogP contribution >= 0.6 is 0 Å². The van der Waals surface area contributed by atoms with Crippen LogP contribution in [-0.2, 0) is 0 Å². The largest absolute Gasteiger partial charge is 0.278 e. The number of aromatic nitrogens is 5. The molecule has 0 amide bonds. The predicted octanol–water partition coefficient (Wildman–Crippen LogP) is 12.7. The first-order valence-electron chi connectivity index (χ1n) is 27.2. The number of fused-ring (bicyclic) bond motifs is 6. The average Bonchev–Trinajstić information content (AvgIpc) is 3.99. The van der Waals surface area contributed by atoms with E-state index in [4.69, 9.17) is 32.8 Å². The zero-order valence-corrected chi connectivity index (χ0v) is 28.7. The van der Waals surface area contributed by atoms with Crippen LogP contribution in [-0.4, -0.2) is 24.1 Å². The van der Waals surface area contributed by atoms with E-state index in [0.29, 0.717) is 11.1 Å². The van der Waals surface area contributed by atoms with Gasteiger partial charge in [0.1, 0.15) is 0 Å². The van der Waals surface area contributed by atoms with E-state index in [9.17, 15) is 9.60 Å². The Hall–Kier alpha value is -7.63. The topological polar surface area (TPSA) is 48.5 Å². The van der Waals surface area contributed by atoms with Crippen LogP contribution in [0.4, 0.5) is 0 Å². The molecule has 0 N–H and O–H groups in total.